The Labute approximate surface area is 177 Å². The maximum absolute atomic E-state index is 7.64. The van der Waals surface area contributed by atoms with Gasteiger partial charge in [-0.25, -0.2) is 0 Å². The van der Waals surface area contributed by atoms with Crippen molar-refractivity contribution < 1.29 is 4.11 Å². The largest absolute Gasteiger partial charge is 0.297 e. The standard InChI is InChI=1S/C25H27ClN2/c1-20-6-5-7-21(18-20)19-27-14-16-28(17-15-27)25(22-8-3-2-4-9-22)23-10-12-24(26)13-11-23/h2-13,18,25H,14-17,19H2,1H3/i1D3. The van der Waals surface area contributed by atoms with E-state index in [0.29, 0.717) is 5.56 Å². The number of halogens is 1. The van der Waals surface area contributed by atoms with Gasteiger partial charge in [-0.05, 0) is 35.7 Å². The van der Waals surface area contributed by atoms with Gasteiger partial charge in [-0.2, -0.15) is 0 Å². The van der Waals surface area contributed by atoms with Crippen LogP contribution in [0.5, 0.6) is 0 Å². The topological polar surface area (TPSA) is 6.48 Å². The Balaban J connectivity index is 1.46. The first-order valence-corrected chi connectivity index (χ1v) is 10.1. The maximum Gasteiger partial charge on any atom is 0.0602 e. The molecule has 0 spiro atoms. The molecule has 0 aliphatic carbocycles. The lowest BCUT2D eigenvalue weighted by atomic mass is 9.96. The first-order valence-electron chi connectivity index (χ1n) is 11.3. The van der Waals surface area contributed by atoms with Gasteiger partial charge < -0.3 is 0 Å². The normalized spacial score (nSPS) is 18.8. The van der Waals surface area contributed by atoms with Crippen LogP contribution in [0.4, 0.5) is 0 Å². The maximum atomic E-state index is 7.64. The predicted molar refractivity (Wildman–Crippen MR) is 118 cm³/mol. The molecule has 3 heteroatoms. The number of hydrogen-bond donors (Lipinski definition) is 0. The highest BCUT2D eigenvalue weighted by molar-refractivity contribution is 6.30. The van der Waals surface area contributed by atoms with E-state index in [1.807, 2.05) is 36.4 Å². The van der Waals surface area contributed by atoms with E-state index in [9.17, 15) is 0 Å². The van der Waals surface area contributed by atoms with Crippen LogP contribution in [0.15, 0.2) is 78.9 Å². The molecule has 1 aliphatic heterocycles. The number of nitrogens with zero attached hydrogens (tertiary/aromatic N) is 2. The van der Waals surface area contributed by atoms with Crippen molar-refractivity contribution in [2.75, 3.05) is 26.2 Å². The van der Waals surface area contributed by atoms with Crippen LogP contribution < -0.4 is 0 Å². The molecule has 0 bridgehead atoms. The minimum Gasteiger partial charge on any atom is -0.297 e. The van der Waals surface area contributed by atoms with Crippen LogP contribution in [0, 0.1) is 6.85 Å². The van der Waals surface area contributed by atoms with Crippen molar-refractivity contribution in [2.24, 2.45) is 0 Å². The number of benzene rings is 3. The van der Waals surface area contributed by atoms with E-state index in [2.05, 4.69) is 46.2 Å². The first kappa shape index (κ1) is 15.8. The van der Waals surface area contributed by atoms with Crippen molar-refractivity contribution in [1.29, 1.82) is 0 Å². The molecule has 0 radical (unpaired) electrons. The molecule has 3 aromatic rings. The Morgan fingerprint density at radius 1 is 0.857 bits per heavy atom. The molecular formula is C25H27ClN2. The van der Waals surface area contributed by atoms with Crippen LogP contribution in [0.25, 0.3) is 0 Å². The molecule has 1 unspecified atom stereocenters. The minimum absolute atomic E-state index is 0.194. The molecule has 1 heterocycles. The predicted octanol–water partition coefficient (Wildman–Crippen LogP) is 5.56. The number of piperazine rings is 1. The third-order valence-electron chi connectivity index (χ3n) is 5.41. The Hall–Kier alpha value is -2.13. The van der Waals surface area contributed by atoms with E-state index in [0.717, 1.165) is 43.3 Å². The van der Waals surface area contributed by atoms with Crippen LogP contribution in [0.2, 0.25) is 5.02 Å². The fraction of sp³-hybridized carbons (Fsp3) is 0.280. The SMILES string of the molecule is [2H]C([2H])([2H])c1cccc(CN2CCN(C(c3ccccc3)c3ccc(Cl)cc3)CC2)c1. The highest BCUT2D eigenvalue weighted by Crippen LogP contribution is 2.30. The van der Waals surface area contributed by atoms with Crippen molar-refractivity contribution in [3.8, 4) is 0 Å². The molecule has 1 atom stereocenters. The van der Waals surface area contributed by atoms with Gasteiger partial charge in [0.1, 0.15) is 0 Å². The molecular weight excluding hydrogens is 364 g/mol. The van der Waals surface area contributed by atoms with Gasteiger partial charge in [0.15, 0.2) is 0 Å². The fourth-order valence-corrected chi connectivity index (χ4v) is 4.13. The van der Waals surface area contributed by atoms with E-state index in [4.69, 9.17) is 15.7 Å². The summed E-state index contributed by atoms with van der Waals surface area (Å²) in [6.45, 7) is 2.48. The average molecular weight is 394 g/mol. The van der Waals surface area contributed by atoms with Gasteiger partial charge in [-0.3, -0.25) is 9.80 Å². The van der Waals surface area contributed by atoms with E-state index < -0.39 is 6.85 Å². The molecule has 1 saturated heterocycles. The molecule has 3 aromatic carbocycles. The van der Waals surface area contributed by atoms with Crippen LogP contribution in [-0.4, -0.2) is 36.0 Å². The molecule has 144 valence electrons. The van der Waals surface area contributed by atoms with Gasteiger partial charge in [0.2, 0.25) is 0 Å². The molecule has 28 heavy (non-hydrogen) atoms. The zero-order valence-corrected chi connectivity index (χ0v) is 16.6. The summed E-state index contributed by atoms with van der Waals surface area (Å²) in [5.74, 6) is 0. The van der Waals surface area contributed by atoms with Crippen molar-refractivity contribution in [2.45, 2.75) is 19.4 Å². The van der Waals surface area contributed by atoms with Crippen molar-refractivity contribution >= 4 is 11.6 Å². The van der Waals surface area contributed by atoms with Crippen LogP contribution in [0.3, 0.4) is 0 Å². The van der Waals surface area contributed by atoms with E-state index in [-0.39, 0.29) is 6.04 Å². The van der Waals surface area contributed by atoms with Gasteiger partial charge in [-0.15, -0.1) is 0 Å². The summed E-state index contributed by atoms with van der Waals surface area (Å²) in [7, 11) is 0. The summed E-state index contributed by atoms with van der Waals surface area (Å²) in [5.41, 5.74) is 3.99. The highest BCUT2D eigenvalue weighted by Gasteiger charge is 2.26. The van der Waals surface area contributed by atoms with Crippen molar-refractivity contribution in [1.82, 2.24) is 9.80 Å². The number of rotatable bonds is 5. The van der Waals surface area contributed by atoms with Crippen LogP contribution >= 0.6 is 11.6 Å². The second-order valence-corrected chi connectivity index (χ2v) is 7.81. The van der Waals surface area contributed by atoms with Crippen molar-refractivity contribution in [3.05, 3.63) is 106 Å². The zero-order chi connectivity index (χ0) is 21.8. The third kappa shape index (κ3) is 4.64. The molecule has 2 nitrogen and oxygen atoms in total. The molecule has 0 N–H and O–H groups in total. The molecule has 1 fully saturated rings. The number of aryl methyl sites for hydroxylation is 1. The van der Waals surface area contributed by atoms with Gasteiger partial charge >= 0.3 is 0 Å². The lowest BCUT2D eigenvalue weighted by molar-refractivity contribution is 0.105. The van der Waals surface area contributed by atoms with Gasteiger partial charge in [0.05, 0.1) is 6.04 Å². The summed E-state index contributed by atoms with van der Waals surface area (Å²) < 4.78 is 22.9. The summed E-state index contributed by atoms with van der Waals surface area (Å²) in [6.07, 6.45) is 0. The third-order valence-corrected chi connectivity index (χ3v) is 5.66. The average Bonchev–Trinajstić information content (AvgIpc) is 2.77. The molecule has 0 amide bonds. The highest BCUT2D eigenvalue weighted by atomic mass is 35.5. The molecule has 4 rings (SSSR count). The second kappa shape index (κ2) is 8.91. The summed E-state index contributed by atoms with van der Waals surface area (Å²) in [5, 5.41) is 0.750. The second-order valence-electron chi connectivity index (χ2n) is 7.38. The van der Waals surface area contributed by atoms with E-state index in [1.54, 1.807) is 6.07 Å². The van der Waals surface area contributed by atoms with Crippen LogP contribution in [0.1, 0.15) is 32.4 Å². The summed E-state index contributed by atoms with van der Waals surface area (Å²) >= 11 is 6.13. The summed E-state index contributed by atoms with van der Waals surface area (Å²) in [6, 6.07) is 26.3. The smallest absolute Gasteiger partial charge is 0.0602 e. The monoisotopic (exact) mass is 393 g/mol. The zero-order valence-electron chi connectivity index (χ0n) is 18.9. The minimum atomic E-state index is -2.06. The number of hydrogen-bond acceptors (Lipinski definition) is 2. The summed E-state index contributed by atoms with van der Waals surface area (Å²) in [4.78, 5) is 4.92. The molecule has 0 aromatic heterocycles. The van der Waals surface area contributed by atoms with Gasteiger partial charge in [-0.1, -0.05) is 83.9 Å². The first-order chi connectivity index (χ1) is 14.9. The molecule has 0 saturated carbocycles. The van der Waals surface area contributed by atoms with E-state index >= 15 is 0 Å². The van der Waals surface area contributed by atoms with Gasteiger partial charge in [0.25, 0.3) is 0 Å². The Morgan fingerprint density at radius 3 is 2.29 bits per heavy atom. The fourth-order valence-electron chi connectivity index (χ4n) is 4.00. The van der Waals surface area contributed by atoms with Gasteiger partial charge in [0, 0.05) is 41.9 Å². The lowest BCUT2D eigenvalue weighted by Gasteiger charge is -2.40. The molecule has 1 aliphatic rings. The quantitative estimate of drug-likeness (QED) is 0.560. The lowest BCUT2D eigenvalue weighted by Crippen LogP contribution is -2.47. The van der Waals surface area contributed by atoms with Crippen LogP contribution in [-0.2, 0) is 6.54 Å². The Kier molecular flexibility index (Phi) is 5.02. The van der Waals surface area contributed by atoms with Crippen molar-refractivity contribution in [3.63, 3.8) is 0 Å². The Morgan fingerprint density at radius 2 is 1.57 bits per heavy atom. The Bertz CT molecular complexity index is 982. The van der Waals surface area contributed by atoms with E-state index in [1.165, 1.54) is 11.1 Å².